The van der Waals surface area contributed by atoms with E-state index in [4.69, 9.17) is 0 Å². The maximum absolute atomic E-state index is 13.0. The van der Waals surface area contributed by atoms with E-state index in [1.807, 2.05) is 0 Å². The summed E-state index contributed by atoms with van der Waals surface area (Å²) >= 11 is 3.06. The Hall–Kier alpha value is -1.04. The molecule has 1 unspecified atom stereocenters. The second-order valence-corrected chi connectivity index (χ2v) is 5.64. The van der Waals surface area contributed by atoms with Crippen LogP contribution in [0.15, 0.2) is 22.7 Å². The Kier molecular flexibility index (Phi) is 3.90. The number of anilines is 1. The van der Waals surface area contributed by atoms with Crippen molar-refractivity contribution in [3.8, 4) is 0 Å². The summed E-state index contributed by atoms with van der Waals surface area (Å²) in [5, 5.41) is 0. The van der Waals surface area contributed by atoms with Crippen molar-refractivity contribution in [1.82, 2.24) is 0 Å². The van der Waals surface area contributed by atoms with Crippen molar-refractivity contribution in [2.75, 3.05) is 18.0 Å². The van der Waals surface area contributed by atoms with E-state index >= 15 is 0 Å². The summed E-state index contributed by atoms with van der Waals surface area (Å²) in [7, 11) is 0. The first-order valence-electron chi connectivity index (χ1n) is 5.93. The molecule has 0 N–H and O–H groups in total. The molecule has 0 amide bonds. The molecule has 2 rings (SSSR count). The molecule has 19 heavy (non-hydrogen) atoms. The fourth-order valence-corrected chi connectivity index (χ4v) is 2.61. The molecule has 0 spiro atoms. The van der Waals surface area contributed by atoms with E-state index in [1.54, 1.807) is 17.9 Å². The lowest BCUT2D eigenvalue weighted by Crippen LogP contribution is -2.40. The summed E-state index contributed by atoms with van der Waals surface area (Å²) in [6.45, 7) is 2.43. The second kappa shape index (κ2) is 5.15. The van der Waals surface area contributed by atoms with Gasteiger partial charge in [0.25, 0.3) is 0 Å². The number of nitrogens with zero attached hydrogens (tertiary/aromatic N) is 1. The Labute approximate surface area is 117 Å². The number of carbonyl (C=O) groups is 1. The van der Waals surface area contributed by atoms with Crippen LogP contribution in [0.25, 0.3) is 0 Å². The summed E-state index contributed by atoms with van der Waals surface area (Å²) in [5.41, 5.74) is -0.515. The van der Waals surface area contributed by atoms with Crippen LogP contribution in [0.1, 0.15) is 18.9 Å². The van der Waals surface area contributed by atoms with Crippen LogP contribution in [-0.4, -0.2) is 18.9 Å². The fraction of sp³-hybridized carbons (Fsp3) is 0.462. The lowest BCUT2D eigenvalue weighted by molar-refractivity contribution is -0.137. The predicted octanol–water partition coefficient (Wildman–Crippen LogP) is 3.88. The molecular formula is C13H13BrF3NO. The Bertz CT molecular complexity index is 501. The van der Waals surface area contributed by atoms with Crippen LogP contribution in [0.3, 0.4) is 0 Å². The van der Waals surface area contributed by atoms with Gasteiger partial charge in [-0.2, -0.15) is 13.2 Å². The summed E-state index contributed by atoms with van der Waals surface area (Å²) in [6, 6.07) is 4.12. The van der Waals surface area contributed by atoms with Gasteiger partial charge in [0, 0.05) is 35.6 Å². The van der Waals surface area contributed by atoms with E-state index in [1.165, 1.54) is 6.07 Å². The molecule has 1 aromatic rings. The van der Waals surface area contributed by atoms with E-state index < -0.39 is 11.7 Å². The number of alkyl halides is 3. The summed E-state index contributed by atoms with van der Waals surface area (Å²) < 4.78 is 39.5. The van der Waals surface area contributed by atoms with Gasteiger partial charge in [-0.1, -0.05) is 22.9 Å². The highest BCUT2D eigenvalue weighted by Gasteiger charge is 2.36. The number of carbonyl (C=O) groups excluding carboxylic acids is 1. The van der Waals surface area contributed by atoms with Gasteiger partial charge in [-0.15, -0.1) is 0 Å². The van der Waals surface area contributed by atoms with Crippen molar-refractivity contribution in [2.45, 2.75) is 19.5 Å². The topological polar surface area (TPSA) is 20.3 Å². The van der Waals surface area contributed by atoms with E-state index in [-0.39, 0.29) is 17.4 Å². The third-order valence-corrected chi connectivity index (χ3v) is 3.77. The number of halogens is 4. The third-order valence-electron chi connectivity index (χ3n) is 3.28. The average Bonchev–Trinajstić information content (AvgIpc) is 2.32. The van der Waals surface area contributed by atoms with Gasteiger partial charge in [-0.05, 0) is 18.2 Å². The minimum atomic E-state index is -4.40. The van der Waals surface area contributed by atoms with Gasteiger partial charge in [-0.25, -0.2) is 0 Å². The van der Waals surface area contributed by atoms with Crippen LogP contribution < -0.4 is 4.90 Å². The van der Waals surface area contributed by atoms with Gasteiger partial charge in [0.1, 0.15) is 5.78 Å². The number of hydrogen-bond acceptors (Lipinski definition) is 2. The molecular weight excluding hydrogens is 323 g/mol. The van der Waals surface area contributed by atoms with Crippen LogP contribution in [0.2, 0.25) is 0 Å². The smallest absolute Gasteiger partial charge is 0.370 e. The van der Waals surface area contributed by atoms with Gasteiger partial charge in [0.05, 0.1) is 5.56 Å². The lowest BCUT2D eigenvalue weighted by atomic mass is 9.97. The van der Waals surface area contributed by atoms with Crippen molar-refractivity contribution in [3.05, 3.63) is 28.2 Å². The second-order valence-electron chi connectivity index (χ2n) is 4.72. The Morgan fingerprint density at radius 2 is 2.05 bits per heavy atom. The first-order chi connectivity index (χ1) is 8.79. The number of hydrogen-bond donors (Lipinski definition) is 0. The van der Waals surface area contributed by atoms with E-state index in [0.717, 1.165) is 6.07 Å². The molecule has 2 nitrogen and oxygen atoms in total. The first-order valence-corrected chi connectivity index (χ1v) is 6.72. The summed E-state index contributed by atoms with van der Waals surface area (Å²) in [4.78, 5) is 13.1. The Balaban J connectivity index is 2.37. The van der Waals surface area contributed by atoms with Crippen molar-refractivity contribution in [2.24, 2.45) is 5.92 Å². The van der Waals surface area contributed by atoms with E-state index in [9.17, 15) is 18.0 Å². The van der Waals surface area contributed by atoms with Crippen LogP contribution in [-0.2, 0) is 11.0 Å². The lowest BCUT2D eigenvalue weighted by Gasteiger charge is -2.33. The summed E-state index contributed by atoms with van der Waals surface area (Å²) in [6.07, 6.45) is -4.10. The molecule has 0 aromatic heterocycles. The quantitative estimate of drug-likeness (QED) is 0.776. The van der Waals surface area contributed by atoms with Gasteiger partial charge in [0.15, 0.2) is 0 Å². The molecule has 104 valence electrons. The van der Waals surface area contributed by atoms with Crippen molar-refractivity contribution in [3.63, 3.8) is 0 Å². The SMILES string of the molecule is CC1CN(c2ccc(Br)cc2C(F)(F)F)CCC1=O. The van der Waals surface area contributed by atoms with Crippen LogP contribution in [0.5, 0.6) is 0 Å². The molecule has 0 aliphatic carbocycles. The van der Waals surface area contributed by atoms with E-state index in [2.05, 4.69) is 15.9 Å². The third kappa shape index (κ3) is 3.11. The van der Waals surface area contributed by atoms with Gasteiger partial charge < -0.3 is 4.90 Å². The standard InChI is InChI=1S/C13H13BrF3NO/c1-8-7-18(5-4-12(8)19)11-3-2-9(14)6-10(11)13(15,16)17/h2-3,6,8H,4-5,7H2,1H3. The highest BCUT2D eigenvalue weighted by molar-refractivity contribution is 9.10. The van der Waals surface area contributed by atoms with Gasteiger partial charge in [-0.3, -0.25) is 4.79 Å². The zero-order chi connectivity index (χ0) is 14.2. The van der Waals surface area contributed by atoms with Crippen LogP contribution in [0.4, 0.5) is 18.9 Å². The molecule has 0 saturated carbocycles. The molecule has 1 aliphatic rings. The fourth-order valence-electron chi connectivity index (χ4n) is 2.25. The highest BCUT2D eigenvalue weighted by atomic mass is 79.9. The average molecular weight is 336 g/mol. The Morgan fingerprint density at radius 3 is 2.63 bits per heavy atom. The normalized spacial score (nSPS) is 20.8. The number of benzene rings is 1. The number of ketones is 1. The molecule has 6 heteroatoms. The molecule has 1 aromatic carbocycles. The van der Waals surface area contributed by atoms with Gasteiger partial charge >= 0.3 is 6.18 Å². The van der Waals surface area contributed by atoms with Crippen molar-refractivity contribution in [1.29, 1.82) is 0 Å². The molecule has 1 saturated heterocycles. The zero-order valence-corrected chi connectivity index (χ0v) is 11.9. The number of Topliss-reactive ketones (excluding diaryl/α,β-unsaturated/α-hetero) is 1. The van der Waals surface area contributed by atoms with E-state index in [0.29, 0.717) is 24.0 Å². The summed E-state index contributed by atoms with van der Waals surface area (Å²) in [5.74, 6) is -0.111. The molecule has 1 fully saturated rings. The van der Waals surface area contributed by atoms with Crippen molar-refractivity contribution < 1.29 is 18.0 Å². The van der Waals surface area contributed by atoms with Crippen LogP contribution in [0, 0.1) is 5.92 Å². The number of piperidine rings is 1. The minimum absolute atomic E-state index is 0.113. The molecule has 1 aliphatic heterocycles. The Morgan fingerprint density at radius 1 is 1.37 bits per heavy atom. The van der Waals surface area contributed by atoms with Crippen molar-refractivity contribution >= 4 is 27.4 Å². The number of rotatable bonds is 1. The molecule has 1 atom stereocenters. The zero-order valence-electron chi connectivity index (χ0n) is 10.3. The molecule has 0 radical (unpaired) electrons. The monoisotopic (exact) mass is 335 g/mol. The van der Waals surface area contributed by atoms with Gasteiger partial charge in [0.2, 0.25) is 0 Å². The largest absolute Gasteiger partial charge is 0.418 e. The molecule has 1 heterocycles. The first kappa shape index (κ1) is 14.4. The maximum atomic E-state index is 13.0. The van der Waals surface area contributed by atoms with Crippen LogP contribution >= 0.6 is 15.9 Å². The highest BCUT2D eigenvalue weighted by Crippen LogP contribution is 2.39. The molecule has 0 bridgehead atoms. The maximum Gasteiger partial charge on any atom is 0.418 e. The predicted molar refractivity (Wildman–Crippen MR) is 70.1 cm³/mol. The minimum Gasteiger partial charge on any atom is -0.370 e.